The average molecular weight is 295 g/mol. The molecule has 1 aromatic carbocycles. The predicted molar refractivity (Wildman–Crippen MR) is 82.2 cm³/mol. The molecule has 2 N–H and O–H groups in total. The number of halogens is 1. The normalized spacial score (nSPS) is 12.8. The number of nitrogens with two attached hydrogens (primary N) is 1. The summed E-state index contributed by atoms with van der Waals surface area (Å²) in [5.41, 5.74) is 0.706. The zero-order chi connectivity index (χ0) is 14.7. The van der Waals surface area contributed by atoms with Gasteiger partial charge in [0.05, 0.1) is 17.4 Å². The quantitative estimate of drug-likeness (QED) is 0.918. The summed E-state index contributed by atoms with van der Waals surface area (Å²) >= 11 is 6.01. The molecule has 5 heteroatoms. The lowest BCUT2D eigenvalue weighted by molar-refractivity contribution is -0.695. The molecule has 1 aromatic heterocycles. The summed E-state index contributed by atoms with van der Waals surface area (Å²) in [6.07, 6.45) is 0.937. The summed E-state index contributed by atoms with van der Waals surface area (Å²) in [6, 6.07) is 5.46. The van der Waals surface area contributed by atoms with Crippen LogP contribution in [-0.4, -0.2) is 16.1 Å². The minimum atomic E-state index is 0.0205. The van der Waals surface area contributed by atoms with Crippen molar-refractivity contribution in [2.24, 2.45) is 0 Å². The summed E-state index contributed by atoms with van der Waals surface area (Å²) < 4.78 is 1.77. The molecule has 2 rings (SSSR count). The molecule has 20 heavy (non-hydrogen) atoms. The molecule has 2 aromatic rings. The first kappa shape index (κ1) is 15.0. The summed E-state index contributed by atoms with van der Waals surface area (Å²) in [7, 11) is 0. The number of benzene rings is 1. The van der Waals surface area contributed by atoms with E-state index in [-0.39, 0.29) is 11.6 Å². The molecule has 108 valence electrons. The maximum Gasteiger partial charge on any atom is 0.261 e. The Kier molecular flexibility index (Phi) is 4.78. The van der Waals surface area contributed by atoms with Gasteiger partial charge < -0.3 is 5.32 Å². The monoisotopic (exact) mass is 294 g/mol. The zero-order valence-electron chi connectivity index (χ0n) is 12.2. The lowest BCUT2D eigenvalue weighted by atomic mass is 10.1. The van der Waals surface area contributed by atoms with Gasteiger partial charge in [-0.1, -0.05) is 18.5 Å². The Hall–Kier alpha value is -1.39. The molecule has 0 unspecified atom stereocenters. The van der Waals surface area contributed by atoms with Gasteiger partial charge in [0.15, 0.2) is 5.82 Å². The van der Waals surface area contributed by atoms with Crippen molar-refractivity contribution in [3.8, 4) is 0 Å². The highest BCUT2D eigenvalue weighted by molar-refractivity contribution is 6.31. The smallest absolute Gasteiger partial charge is 0.261 e. The standard InChI is InChI=1S/C15H20ClN3O/c1-4-12(17-5-2)14-18-13-9-10(16)7-8-11(13)15(20)19(14)6-3/h7-9,12,17H,4-6H2,1-3H3/p+1/t12-/m0/s1. The second-order valence-electron chi connectivity index (χ2n) is 4.84. The first-order chi connectivity index (χ1) is 9.62. The third-order valence-electron chi connectivity index (χ3n) is 3.55. The van der Waals surface area contributed by atoms with Crippen LogP contribution < -0.4 is 10.9 Å². The largest absolute Gasteiger partial charge is 0.338 e. The molecule has 1 heterocycles. The highest BCUT2D eigenvalue weighted by Crippen LogP contribution is 2.18. The molecule has 0 amide bonds. The fourth-order valence-electron chi connectivity index (χ4n) is 2.54. The second-order valence-corrected chi connectivity index (χ2v) is 5.28. The van der Waals surface area contributed by atoms with Crippen LogP contribution in [0.4, 0.5) is 0 Å². The Morgan fingerprint density at radius 1 is 1.35 bits per heavy atom. The zero-order valence-corrected chi connectivity index (χ0v) is 12.9. The van der Waals surface area contributed by atoms with Crippen LogP contribution in [0.15, 0.2) is 23.0 Å². The van der Waals surface area contributed by atoms with Gasteiger partial charge in [-0.3, -0.25) is 9.36 Å². The van der Waals surface area contributed by atoms with Gasteiger partial charge in [-0.2, -0.15) is 0 Å². The average Bonchev–Trinajstić information content (AvgIpc) is 2.44. The summed E-state index contributed by atoms with van der Waals surface area (Å²) in [5, 5.41) is 3.45. The van der Waals surface area contributed by atoms with Gasteiger partial charge in [0.25, 0.3) is 5.56 Å². The van der Waals surface area contributed by atoms with Crippen LogP contribution in [0.2, 0.25) is 5.02 Å². The molecular weight excluding hydrogens is 274 g/mol. The van der Waals surface area contributed by atoms with Gasteiger partial charge in [0, 0.05) is 18.0 Å². The van der Waals surface area contributed by atoms with E-state index >= 15 is 0 Å². The molecule has 0 radical (unpaired) electrons. The van der Waals surface area contributed by atoms with Crippen LogP contribution in [0, 0.1) is 0 Å². The minimum absolute atomic E-state index is 0.0205. The fourth-order valence-corrected chi connectivity index (χ4v) is 2.71. The van der Waals surface area contributed by atoms with Crippen LogP contribution in [0.5, 0.6) is 0 Å². The molecular formula is C15H21ClN3O+. The van der Waals surface area contributed by atoms with Crippen molar-refractivity contribution in [1.29, 1.82) is 0 Å². The second kappa shape index (κ2) is 6.37. The maximum atomic E-state index is 12.6. The Bertz CT molecular complexity index is 666. The number of nitrogens with zero attached hydrogens (tertiary/aromatic N) is 2. The molecule has 0 fully saturated rings. The number of quaternary nitrogens is 1. The number of fused-ring (bicyclic) bond motifs is 1. The summed E-state index contributed by atoms with van der Waals surface area (Å²) in [6.45, 7) is 7.80. The van der Waals surface area contributed by atoms with E-state index in [1.54, 1.807) is 22.8 Å². The van der Waals surface area contributed by atoms with Gasteiger partial charge in [0.1, 0.15) is 6.04 Å². The first-order valence-electron chi connectivity index (χ1n) is 7.15. The third-order valence-corrected chi connectivity index (χ3v) is 3.79. The van der Waals surface area contributed by atoms with E-state index in [1.807, 2.05) is 6.92 Å². The number of rotatable bonds is 5. The van der Waals surface area contributed by atoms with Gasteiger partial charge in [-0.15, -0.1) is 0 Å². The van der Waals surface area contributed by atoms with Gasteiger partial charge in [-0.25, -0.2) is 4.98 Å². The van der Waals surface area contributed by atoms with Gasteiger partial charge in [-0.05, 0) is 32.0 Å². The van der Waals surface area contributed by atoms with Gasteiger partial charge >= 0.3 is 0 Å². The van der Waals surface area contributed by atoms with E-state index in [1.165, 1.54) is 0 Å². The molecule has 0 bridgehead atoms. The van der Waals surface area contributed by atoms with Crippen LogP contribution in [0.1, 0.15) is 39.1 Å². The highest BCUT2D eigenvalue weighted by Gasteiger charge is 2.20. The lowest BCUT2D eigenvalue weighted by Crippen LogP contribution is -2.85. The molecule has 0 saturated carbocycles. The van der Waals surface area contributed by atoms with Crippen molar-refractivity contribution in [2.45, 2.75) is 39.8 Å². The van der Waals surface area contributed by atoms with Crippen molar-refractivity contribution >= 4 is 22.5 Å². The van der Waals surface area contributed by atoms with Crippen molar-refractivity contribution in [3.63, 3.8) is 0 Å². The number of hydrogen-bond acceptors (Lipinski definition) is 2. The highest BCUT2D eigenvalue weighted by atomic mass is 35.5. The van der Waals surface area contributed by atoms with Crippen LogP contribution >= 0.6 is 11.6 Å². The Labute approximate surface area is 123 Å². The fraction of sp³-hybridized carbons (Fsp3) is 0.467. The van der Waals surface area contributed by atoms with E-state index in [2.05, 4.69) is 19.2 Å². The Morgan fingerprint density at radius 3 is 2.70 bits per heavy atom. The van der Waals surface area contributed by atoms with Crippen molar-refractivity contribution in [2.75, 3.05) is 6.54 Å². The Morgan fingerprint density at radius 2 is 2.10 bits per heavy atom. The molecule has 0 aliphatic rings. The van der Waals surface area contributed by atoms with Crippen LogP contribution in [-0.2, 0) is 6.54 Å². The SMILES string of the molecule is CC[NH2+][C@@H](CC)c1nc2cc(Cl)ccc2c(=O)n1CC. The molecule has 0 saturated heterocycles. The van der Waals surface area contributed by atoms with E-state index in [9.17, 15) is 4.79 Å². The van der Waals surface area contributed by atoms with E-state index < -0.39 is 0 Å². The third kappa shape index (κ3) is 2.72. The van der Waals surface area contributed by atoms with Crippen LogP contribution in [0.3, 0.4) is 0 Å². The number of hydrogen-bond donors (Lipinski definition) is 1. The van der Waals surface area contributed by atoms with E-state index in [0.29, 0.717) is 22.5 Å². The summed E-state index contributed by atoms with van der Waals surface area (Å²) in [4.78, 5) is 17.3. The van der Waals surface area contributed by atoms with Crippen molar-refractivity contribution in [3.05, 3.63) is 39.4 Å². The Balaban J connectivity index is 2.72. The van der Waals surface area contributed by atoms with Crippen molar-refractivity contribution < 1.29 is 5.32 Å². The molecule has 4 nitrogen and oxygen atoms in total. The first-order valence-corrected chi connectivity index (χ1v) is 7.53. The molecule has 0 aliphatic carbocycles. The van der Waals surface area contributed by atoms with Crippen molar-refractivity contribution in [1.82, 2.24) is 9.55 Å². The molecule has 0 aliphatic heterocycles. The number of aromatic nitrogens is 2. The van der Waals surface area contributed by atoms with Gasteiger partial charge in [0.2, 0.25) is 0 Å². The predicted octanol–water partition coefficient (Wildman–Crippen LogP) is 2.10. The lowest BCUT2D eigenvalue weighted by Gasteiger charge is -2.17. The van der Waals surface area contributed by atoms with E-state index in [4.69, 9.17) is 16.6 Å². The molecule has 0 spiro atoms. The summed E-state index contributed by atoms with van der Waals surface area (Å²) in [5.74, 6) is 0.844. The minimum Gasteiger partial charge on any atom is -0.338 e. The molecule has 1 atom stereocenters. The topological polar surface area (TPSA) is 51.5 Å². The van der Waals surface area contributed by atoms with Crippen LogP contribution in [0.25, 0.3) is 10.9 Å². The maximum absolute atomic E-state index is 12.6. The van der Waals surface area contributed by atoms with E-state index in [0.717, 1.165) is 18.8 Å².